The average Bonchev–Trinajstić information content (AvgIpc) is 2.38. The Bertz CT molecular complexity index is 511. The Morgan fingerprint density at radius 2 is 2.22 bits per heavy atom. The Balaban J connectivity index is 2.30. The van der Waals surface area contributed by atoms with E-state index in [1.165, 1.54) is 18.8 Å². The molecule has 0 aromatic carbocycles. The van der Waals surface area contributed by atoms with Crippen LogP contribution in [0.5, 0.6) is 0 Å². The summed E-state index contributed by atoms with van der Waals surface area (Å²) in [5, 5.41) is 0.523. The Labute approximate surface area is 111 Å². The largest absolute Gasteiger partial charge is 0.466 e. The highest BCUT2D eigenvalue weighted by molar-refractivity contribution is 7.70. The van der Waals surface area contributed by atoms with E-state index in [2.05, 4.69) is 4.72 Å². The second-order valence-corrected chi connectivity index (χ2v) is 4.86. The summed E-state index contributed by atoms with van der Waals surface area (Å²) in [6.07, 6.45) is 9.22. The van der Waals surface area contributed by atoms with Crippen molar-refractivity contribution in [3.8, 4) is 0 Å². The molecule has 0 aromatic heterocycles. The summed E-state index contributed by atoms with van der Waals surface area (Å²) in [6.45, 7) is 0. The molecule has 1 aliphatic heterocycles. The molecule has 0 fully saturated rings. The summed E-state index contributed by atoms with van der Waals surface area (Å²) in [6, 6.07) is -0.631. The fourth-order valence-corrected chi connectivity index (χ4v) is 2.55. The molecular weight excluding hydrogens is 278 g/mol. The Morgan fingerprint density at radius 3 is 2.83 bits per heavy atom. The molecule has 1 N–H and O–H groups in total. The minimum absolute atomic E-state index is 0.361. The van der Waals surface area contributed by atoms with Gasteiger partial charge in [-0.3, -0.25) is 0 Å². The van der Waals surface area contributed by atoms with Crippen molar-refractivity contribution in [2.75, 3.05) is 0 Å². The van der Waals surface area contributed by atoms with Gasteiger partial charge in [-0.05, 0) is 24.5 Å². The number of allylic oxidation sites excluding steroid dienone is 3. The molecule has 0 saturated carbocycles. The molecule has 0 radical (unpaired) electrons. The SMILES string of the molecule is O=[SH](=O)N[C@H](C1=COC=CO1)C1=C(Cl)C=CCC1. The van der Waals surface area contributed by atoms with Crippen LogP contribution in [0.2, 0.25) is 0 Å². The fraction of sp³-hybridized carbons (Fsp3) is 0.273. The monoisotopic (exact) mass is 289 g/mol. The fourth-order valence-electron chi connectivity index (χ4n) is 1.76. The first kappa shape index (κ1) is 13.2. The number of halogens is 1. The van der Waals surface area contributed by atoms with Crippen LogP contribution in [0.1, 0.15) is 12.8 Å². The Morgan fingerprint density at radius 1 is 1.39 bits per heavy atom. The summed E-state index contributed by atoms with van der Waals surface area (Å²) >= 11 is 6.09. The zero-order valence-electron chi connectivity index (χ0n) is 9.34. The maximum Gasteiger partial charge on any atom is 0.202 e. The van der Waals surface area contributed by atoms with Crippen molar-refractivity contribution in [1.29, 1.82) is 0 Å². The van der Waals surface area contributed by atoms with Crippen LogP contribution in [0.3, 0.4) is 0 Å². The minimum atomic E-state index is -2.78. The lowest BCUT2D eigenvalue weighted by Crippen LogP contribution is -2.33. The third-order valence-electron chi connectivity index (χ3n) is 2.54. The van der Waals surface area contributed by atoms with Crippen LogP contribution in [0, 0.1) is 0 Å². The van der Waals surface area contributed by atoms with Crippen molar-refractivity contribution in [1.82, 2.24) is 4.72 Å². The highest BCUT2D eigenvalue weighted by atomic mass is 35.5. The van der Waals surface area contributed by atoms with Crippen LogP contribution < -0.4 is 4.72 Å². The molecule has 18 heavy (non-hydrogen) atoms. The number of thiol groups is 1. The van der Waals surface area contributed by atoms with Gasteiger partial charge in [0.1, 0.15) is 24.8 Å². The lowest BCUT2D eigenvalue weighted by Gasteiger charge is -2.24. The summed E-state index contributed by atoms with van der Waals surface area (Å²) in [7, 11) is -2.78. The van der Waals surface area contributed by atoms with E-state index in [4.69, 9.17) is 21.1 Å². The van der Waals surface area contributed by atoms with Crippen LogP contribution in [0.15, 0.2) is 47.3 Å². The average molecular weight is 290 g/mol. The molecule has 0 bridgehead atoms. The zero-order chi connectivity index (χ0) is 13.0. The molecule has 2 rings (SSSR count). The highest BCUT2D eigenvalue weighted by Crippen LogP contribution is 2.29. The second kappa shape index (κ2) is 6.08. The van der Waals surface area contributed by atoms with Crippen molar-refractivity contribution >= 4 is 22.5 Å². The molecule has 5 nitrogen and oxygen atoms in total. The van der Waals surface area contributed by atoms with Gasteiger partial charge in [-0.15, -0.1) is 0 Å². The summed E-state index contributed by atoms with van der Waals surface area (Å²) in [4.78, 5) is 0. The lowest BCUT2D eigenvalue weighted by molar-refractivity contribution is 0.239. The van der Waals surface area contributed by atoms with E-state index >= 15 is 0 Å². The molecule has 0 spiro atoms. The molecule has 0 saturated heterocycles. The van der Waals surface area contributed by atoms with Crippen molar-refractivity contribution in [2.45, 2.75) is 18.9 Å². The number of nitrogens with one attached hydrogen (secondary N) is 1. The first-order valence-electron chi connectivity index (χ1n) is 5.31. The van der Waals surface area contributed by atoms with Crippen LogP contribution in [0.25, 0.3) is 0 Å². The molecule has 1 heterocycles. The maximum atomic E-state index is 10.9. The molecule has 0 amide bonds. The molecule has 0 aromatic rings. The van der Waals surface area contributed by atoms with E-state index in [9.17, 15) is 8.42 Å². The smallest absolute Gasteiger partial charge is 0.202 e. The van der Waals surface area contributed by atoms with Gasteiger partial charge in [0.25, 0.3) is 0 Å². The van der Waals surface area contributed by atoms with Crippen molar-refractivity contribution in [2.24, 2.45) is 0 Å². The normalized spacial score (nSPS) is 20.4. The van der Waals surface area contributed by atoms with Crippen molar-refractivity contribution in [3.63, 3.8) is 0 Å². The molecule has 1 atom stereocenters. The summed E-state index contributed by atoms with van der Waals surface area (Å²) in [5.41, 5.74) is 0.767. The van der Waals surface area contributed by atoms with E-state index in [1.807, 2.05) is 6.08 Å². The van der Waals surface area contributed by atoms with E-state index in [0.717, 1.165) is 12.0 Å². The van der Waals surface area contributed by atoms with Gasteiger partial charge in [0.15, 0.2) is 5.76 Å². The number of rotatable bonds is 4. The number of hydrogen-bond acceptors (Lipinski definition) is 4. The minimum Gasteiger partial charge on any atom is -0.466 e. The van der Waals surface area contributed by atoms with Gasteiger partial charge in [0, 0.05) is 5.03 Å². The van der Waals surface area contributed by atoms with E-state index in [0.29, 0.717) is 17.2 Å². The molecule has 98 valence electrons. The third-order valence-corrected chi connectivity index (χ3v) is 3.38. The van der Waals surface area contributed by atoms with Gasteiger partial charge in [-0.1, -0.05) is 17.7 Å². The molecule has 2 aliphatic rings. The molecule has 0 unspecified atom stereocenters. The number of hydrogen-bond donors (Lipinski definition) is 2. The van der Waals surface area contributed by atoms with E-state index < -0.39 is 16.9 Å². The van der Waals surface area contributed by atoms with Gasteiger partial charge in [0.05, 0.1) is 0 Å². The van der Waals surface area contributed by atoms with Gasteiger partial charge >= 0.3 is 0 Å². The number of ether oxygens (including phenoxy) is 2. The second-order valence-electron chi connectivity index (χ2n) is 3.68. The first-order valence-corrected chi connectivity index (χ1v) is 6.87. The van der Waals surface area contributed by atoms with E-state index in [-0.39, 0.29) is 0 Å². The van der Waals surface area contributed by atoms with E-state index in [1.54, 1.807) is 6.08 Å². The topological polar surface area (TPSA) is 64.6 Å². The zero-order valence-corrected chi connectivity index (χ0v) is 11.0. The van der Waals surface area contributed by atoms with Gasteiger partial charge < -0.3 is 9.47 Å². The predicted octanol–water partition coefficient (Wildman–Crippen LogP) is 1.67. The van der Waals surface area contributed by atoms with Crippen molar-refractivity contribution in [3.05, 3.63) is 47.3 Å². The standard InChI is InChI=1S/C11H12ClNO4S/c12-9-4-2-1-3-8(9)11(13-18(14)15)10-7-16-5-6-17-10/h2,4-7,11,18H,1,3H2,(H,13,14,15)/t11-/m0/s1. The molecule has 7 heteroatoms. The summed E-state index contributed by atoms with van der Waals surface area (Å²) < 4.78 is 34.5. The molecular formula is C11H12ClNO4S. The van der Waals surface area contributed by atoms with Crippen molar-refractivity contribution < 1.29 is 17.9 Å². The van der Waals surface area contributed by atoms with Gasteiger partial charge in [-0.25, -0.2) is 13.1 Å². The van der Waals surface area contributed by atoms with Crippen LogP contribution in [-0.4, -0.2) is 14.5 Å². The quantitative estimate of drug-likeness (QED) is 0.773. The van der Waals surface area contributed by atoms with Gasteiger partial charge in [0.2, 0.25) is 10.9 Å². The predicted molar refractivity (Wildman–Crippen MR) is 67.9 cm³/mol. The Kier molecular flexibility index (Phi) is 4.46. The maximum absolute atomic E-state index is 10.9. The first-order chi connectivity index (χ1) is 8.68. The van der Waals surface area contributed by atoms with Crippen LogP contribution >= 0.6 is 11.6 Å². The summed E-state index contributed by atoms with van der Waals surface area (Å²) in [5.74, 6) is 0.361. The molecule has 1 aliphatic carbocycles. The lowest BCUT2D eigenvalue weighted by atomic mass is 9.97. The van der Waals surface area contributed by atoms with Crippen LogP contribution in [0.4, 0.5) is 0 Å². The third kappa shape index (κ3) is 3.16. The van der Waals surface area contributed by atoms with Gasteiger partial charge in [-0.2, -0.15) is 0 Å². The van der Waals surface area contributed by atoms with Crippen LogP contribution in [-0.2, 0) is 20.4 Å². The Hall–Kier alpha value is -1.24. The highest BCUT2D eigenvalue weighted by Gasteiger charge is 2.25.